The predicted octanol–water partition coefficient (Wildman–Crippen LogP) is 2.31. The highest BCUT2D eigenvalue weighted by molar-refractivity contribution is 5.68. The van der Waals surface area contributed by atoms with Gasteiger partial charge in [-0.15, -0.1) is 0 Å². The van der Waals surface area contributed by atoms with Crippen molar-refractivity contribution in [3.63, 3.8) is 0 Å². The van der Waals surface area contributed by atoms with Gasteiger partial charge in [-0.2, -0.15) is 0 Å². The highest BCUT2D eigenvalue weighted by Crippen LogP contribution is 2.13. The van der Waals surface area contributed by atoms with Crippen LogP contribution in [0.15, 0.2) is 48.2 Å². The zero-order chi connectivity index (χ0) is 8.81. The minimum absolute atomic E-state index is 0.812. The Morgan fingerprint density at radius 1 is 1.42 bits per heavy atom. The van der Waals surface area contributed by atoms with E-state index in [-0.39, 0.29) is 0 Å². The highest BCUT2D eigenvalue weighted by Gasteiger charge is 1.94. The van der Waals surface area contributed by atoms with E-state index in [1.54, 1.807) is 18.5 Å². The Morgan fingerprint density at radius 2 is 2.08 bits per heavy atom. The van der Waals surface area contributed by atoms with Gasteiger partial charge in [-0.25, -0.2) is 0 Å². The topological polar surface area (TPSA) is 25.2 Å². The van der Waals surface area contributed by atoms with E-state index in [9.17, 15) is 0 Å². The maximum Gasteiger partial charge on any atom is 0.0695 e. The quantitative estimate of drug-likeness (QED) is 0.489. The monoisotopic (exact) mass is 158 g/mol. The number of hydrogen-bond donors (Lipinski definition) is 0. The number of hydrogen-bond acceptors (Lipinski definition) is 2. The third-order valence-electron chi connectivity index (χ3n) is 1.42. The number of allylic oxidation sites excluding steroid dienone is 2. The molecule has 0 atom stereocenters. The molecule has 0 saturated heterocycles. The fourth-order valence-corrected chi connectivity index (χ4v) is 0.875. The normalized spacial score (nSPS) is 10.8. The van der Waals surface area contributed by atoms with E-state index < -0.39 is 0 Å². The second-order valence-electron chi connectivity index (χ2n) is 2.18. The third kappa shape index (κ3) is 1.89. The summed E-state index contributed by atoms with van der Waals surface area (Å²) in [5.74, 6) is 0. The minimum Gasteiger partial charge on any atom is -0.265 e. The summed E-state index contributed by atoms with van der Waals surface area (Å²) in [6.07, 6.45) is 6.93. The molecule has 0 spiro atoms. The molecule has 0 amide bonds. The molecule has 1 heterocycles. The van der Waals surface area contributed by atoms with Crippen molar-refractivity contribution in [2.24, 2.45) is 4.99 Å². The van der Waals surface area contributed by atoms with Gasteiger partial charge in [0, 0.05) is 18.0 Å². The summed E-state index contributed by atoms with van der Waals surface area (Å²) in [7, 11) is 0. The number of pyridine rings is 1. The van der Waals surface area contributed by atoms with E-state index in [4.69, 9.17) is 0 Å². The average molecular weight is 158 g/mol. The van der Waals surface area contributed by atoms with Crippen LogP contribution in [-0.4, -0.2) is 11.7 Å². The number of rotatable bonds is 3. The van der Waals surface area contributed by atoms with Gasteiger partial charge in [0.1, 0.15) is 0 Å². The van der Waals surface area contributed by atoms with Gasteiger partial charge >= 0.3 is 0 Å². The van der Waals surface area contributed by atoms with E-state index >= 15 is 0 Å². The standard InChI is InChI=1S/C10H10N2/c1-3-4-10(11-2)9-5-7-12-8-6-9/h3-8H,1-2H2/b10-4-. The van der Waals surface area contributed by atoms with Crippen LogP contribution in [0.3, 0.4) is 0 Å². The van der Waals surface area contributed by atoms with E-state index in [1.165, 1.54) is 0 Å². The fourth-order valence-electron chi connectivity index (χ4n) is 0.875. The first kappa shape index (κ1) is 8.40. The Labute approximate surface area is 72.0 Å². The second kappa shape index (κ2) is 4.23. The molecular formula is C10H10N2. The molecule has 0 bridgehead atoms. The van der Waals surface area contributed by atoms with E-state index in [0.717, 1.165) is 11.3 Å². The molecule has 0 aromatic carbocycles. The van der Waals surface area contributed by atoms with Crippen molar-refractivity contribution in [1.29, 1.82) is 0 Å². The van der Waals surface area contributed by atoms with Crippen LogP contribution in [0.1, 0.15) is 5.56 Å². The van der Waals surface area contributed by atoms with Crippen LogP contribution < -0.4 is 0 Å². The number of aliphatic imine (C=N–C) groups is 1. The number of nitrogens with zero attached hydrogens (tertiary/aromatic N) is 2. The molecule has 0 fully saturated rings. The van der Waals surface area contributed by atoms with Crippen LogP contribution in [0.4, 0.5) is 0 Å². The molecule has 0 unspecified atom stereocenters. The molecule has 0 aliphatic carbocycles. The van der Waals surface area contributed by atoms with Crippen LogP contribution in [-0.2, 0) is 0 Å². The summed E-state index contributed by atoms with van der Waals surface area (Å²) in [6.45, 7) is 7.06. The lowest BCUT2D eigenvalue weighted by Crippen LogP contribution is -1.79. The Kier molecular flexibility index (Phi) is 2.96. The first-order valence-corrected chi connectivity index (χ1v) is 3.58. The molecule has 0 N–H and O–H groups in total. The second-order valence-corrected chi connectivity index (χ2v) is 2.18. The Hall–Kier alpha value is -1.70. The lowest BCUT2D eigenvalue weighted by atomic mass is 10.2. The smallest absolute Gasteiger partial charge is 0.0695 e. The molecule has 0 aliphatic rings. The van der Waals surface area contributed by atoms with Gasteiger partial charge in [0.2, 0.25) is 0 Å². The van der Waals surface area contributed by atoms with Crippen LogP contribution in [0.2, 0.25) is 0 Å². The molecule has 1 rings (SSSR count). The van der Waals surface area contributed by atoms with Crippen molar-refractivity contribution < 1.29 is 0 Å². The molecule has 0 radical (unpaired) electrons. The maximum absolute atomic E-state index is 3.91. The van der Waals surface area contributed by atoms with Crippen molar-refractivity contribution in [3.05, 3.63) is 48.8 Å². The Balaban J connectivity index is 3.03. The molecule has 0 aliphatic heterocycles. The molecule has 2 nitrogen and oxygen atoms in total. The van der Waals surface area contributed by atoms with Gasteiger partial charge < -0.3 is 0 Å². The van der Waals surface area contributed by atoms with Crippen LogP contribution in [0.25, 0.3) is 5.70 Å². The molecule has 60 valence electrons. The SMILES string of the molecule is C=C/C=C(\N=C)c1ccncc1. The molecule has 12 heavy (non-hydrogen) atoms. The van der Waals surface area contributed by atoms with Gasteiger partial charge in [0.05, 0.1) is 5.70 Å². The summed E-state index contributed by atoms with van der Waals surface area (Å²) in [5, 5.41) is 0. The molecule has 2 heteroatoms. The third-order valence-corrected chi connectivity index (χ3v) is 1.42. The lowest BCUT2D eigenvalue weighted by Gasteiger charge is -1.97. The summed E-state index contributed by atoms with van der Waals surface area (Å²) in [6, 6.07) is 3.76. The van der Waals surface area contributed by atoms with E-state index in [0.29, 0.717) is 0 Å². The Morgan fingerprint density at radius 3 is 2.58 bits per heavy atom. The van der Waals surface area contributed by atoms with E-state index in [1.807, 2.05) is 18.2 Å². The predicted molar refractivity (Wildman–Crippen MR) is 52.0 cm³/mol. The van der Waals surface area contributed by atoms with Crippen molar-refractivity contribution >= 4 is 12.4 Å². The average Bonchev–Trinajstić information content (AvgIpc) is 2.15. The van der Waals surface area contributed by atoms with Gasteiger partial charge in [-0.05, 0) is 24.9 Å². The first-order chi connectivity index (χ1) is 5.88. The molecule has 1 aromatic heterocycles. The molecular weight excluding hydrogens is 148 g/mol. The highest BCUT2D eigenvalue weighted by atomic mass is 14.7. The van der Waals surface area contributed by atoms with E-state index in [2.05, 4.69) is 23.3 Å². The molecule has 1 aromatic rings. The zero-order valence-corrected chi connectivity index (χ0v) is 6.77. The summed E-state index contributed by atoms with van der Waals surface area (Å²) in [4.78, 5) is 7.77. The van der Waals surface area contributed by atoms with Gasteiger partial charge in [0.25, 0.3) is 0 Å². The minimum atomic E-state index is 0.812. The fraction of sp³-hybridized carbons (Fsp3) is 0. The van der Waals surface area contributed by atoms with Gasteiger partial charge in [0.15, 0.2) is 0 Å². The van der Waals surface area contributed by atoms with Crippen LogP contribution in [0.5, 0.6) is 0 Å². The maximum atomic E-state index is 3.91. The van der Waals surface area contributed by atoms with Crippen molar-refractivity contribution in [3.8, 4) is 0 Å². The van der Waals surface area contributed by atoms with Crippen LogP contribution in [0, 0.1) is 0 Å². The largest absolute Gasteiger partial charge is 0.265 e. The number of aromatic nitrogens is 1. The van der Waals surface area contributed by atoms with Crippen LogP contribution >= 0.6 is 0 Å². The van der Waals surface area contributed by atoms with Crippen molar-refractivity contribution in [2.45, 2.75) is 0 Å². The van der Waals surface area contributed by atoms with Gasteiger partial charge in [-0.1, -0.05) is 12.7 Å². The summed E-state index contributed by atoms with van der Waals surface area (Å²) in [5.41, 5.74) is 1.81. The first-order valence-electron chi connectivity index (χ1n) is 3.58. The van der Waals surface area contributed by atoms with Crippen molar-refractivity contribution in [2.75, 3.05) is 0 Å². The van der Waals surface area contributed by atoms with Crippen molar-refractivity contribution in [1.82, 2.24) is 4.98 Å². The lowest BCUT2D eigenvalue weighted by molar-refractivity contribution is 1.31. The molecule has 0 saturated carbocycles. The summed E-state index contributed by atoms with van der Waals surface area (Å²) < 4.78 is 0. The Bertz CT molecular complexity index is 299. The van der Waals surface area contributed by atoms with Gasteiger partial charge in [-0.3, -0.25) is 9.98 Å². The zero-order valence-electron chi connectivity index (χ0n) is 6.77. The summed E-state index contributed by atoms with van der Waals surface area (Å²) >= 11 is 0.